The van der Waals surface area contributed by atoms with E-state index >= 15 is 0 Å². The van der Waals surface area contributed by atoms with Gasteiger partial charge in [-0.2, -0.15) is 0 Å². The Morgan fingerprint density at radius 2 is 1.78 bits per heavy atom. The zero-order valence-electron chi connectivity index (χ0n) is 10.4. The SMILES string of the molecule is O=C(O)C1CCN(C(=O)N(CCO)C2CC2)CC1. The first-order valence-corrected chi connectivity index (χ1v) is 6.52. The van der Waals surface area contributed by atoms with E-state index in [2.05, 4.69) is 0 Å². The Bertz CT molecular complexity index is 322. The van der Waals surface area contributed by atoms with Gasteiger partial charge in [0.15, 0.2) is 0 Å². The minimum absolute atomic E-state index is 0.0200. The van der Waals surface area contributed by atoms with Gasteiger partial charge >= 0.3 is 12.0 Å². The molecule has 2 N–H and O–H groups in total. The van der Waals surface area contributed by atoms with Crippen molar-refractivity contribution in [3.63, 3.8) is 0 Å². The molecule has 0 bridgehead atoms. The number of nitrogens with zero attached hydrogens (tertiary/aromatic N) is 2. The van der Waals surface area contributed by atoms with Gasteiger partial charge < -0.3 is 20.0 Å². The van der Waals surface area contributed by atoms with Crippen LogP contribution in [0.3, 0.4) is 0 Å². The van der Waals surface area contributed by atoms with E-state index in [0.29, 0.717) is 32.5 Å². The number of carbonyl (C=O) groups excluding carboxylic acids is 1. The number of likely N-dealkylation sites (tertiary alicyclic amines) is 1. The summed E-state index contributed by atoms with van der Waals surface area (Å²) >= 11 is 0. The van der Waals surface area contributed by atoms with E-state index < -0.39 is 5.97 Å². The van der Waals surface area contributed by atoms with E-state index in [4.69, 9.17) is 10.2 Å². The number of carboxylic acids is 1. The Balaban J connectivity index is 1.87. The van der Waals surface area contributed by atoms with Crippen molar-refractivity contribution < 1.29 is 19.8 Å². The quantitative estimate of drug-likeness (QED) is 0.761. The molecule has 0 unspecified atom stereocenters. The summed E-state index contributed by atoms with van der Waals surface area (Å²) in [5, 5.41) is 17.9. The summed E-state index contributed by atoms with van der Waals surface area (Å²) < 4.78 is 0. The molecule has 2 aliphatic rings. The van der Waals surface area contributed by atoms with Gasteiger partial charge in [0, 0.05) is 25.7 Å². The Hall–Kier alpha value is -1.30. The second-order valence-electron chi connectivity index (χ2n) is 5.03. The number of aliphatic hydroxyl groups excluding tert-OH is 1. The van der Waals surface area contributed by atoms with Crippen LogP contribution in [0.4, 0.5) is 4.79 Å². The Labute approximate surface area is 106 Å². The molecule has 2 fully saturated rings. The third-order valence-corrected chi connectivity index (χ3v) is 3.69. The van der Waals surface area contributed by atoms with Crippen LogP contribution in [0.2, 0.25) is 0 Å². The fourth-order valence-electron chi connectivity index (χ4n) is 2.43. The molecule has 18 heavy (non-hydrogen) atoms. The van der Waals surface area contributed by atoms with Crippen LogP contribution in [0.1, 0.15) is 25.7 Å². The first-order chi connectivity index (χ1) is 8.63. The molecule has 0 aromatic carbocycles. The average Bonchev–Trinajstić information content (AvgIpc) is 3.19. The third-order valence-electron chi connectivity index (χ3n) is 3.69. The van der Waals surface area contributed by atoms with Gasteiger partial charge in [0.2, 0.25) is 0 Å². The maximum atomic E-state index is 12.2. The molecule has 0 aromatic rings. The summed E-state index contributed by atoms with van der Waals surface area (Å²) in [6.07, 6.45) is 3.08. The highest BCUT2D eigenvalue weighted by Crippen LogP contribution is 2.28. The summed E-state index contributed by atoms with van der Waals surface area (Å²) in [6, 6.07) is 0.234. The minimum Gasteiger partial charge on any atom is -0.481 e. The van der Waals surface area contributed by atoms with E-state index in [9.17, 15) is 9.59 Å². The Morgan fingerprint density at radius 1 is 1.17 bits per heavy atom. The standard InChI is InChI=1S/C12H20N2O4/c15-8-7-14(10-1-2-10)12(18)13-5-3-9(4-6-13)11(16)17/h9-10,15H,1-8H2,(H,16,17). The average molecular weight is 256 g/mol. The van der Waals surface area contributed by atoms with Crippen molar-refractivity contribution in [1.82, 2.24) is 9.80 Å². The number of amides is 2. The number of urea groups is 1. The number of carbonyl (C=O) groups is 2. The first-order valence-electron chi connectivity index (χ1n) is 6.52. The second-order valence-corrected chi connectivity index (χ2v) is 5.03. The van der Waals surface area contributed by atoms with Crippen LogP contribution < -0.4 is 0 Å². The molecule has 0 aromatic heterocycles. The van der Waals surface area contributed by atoms with Crippen molar-refractivity contribution in [1.29, 1.82) is 0 Å². The van der Waals surface area contributed by atoms with Crippen LogP contribution in [0, 0.1) is 5.92 Å². The molecule has 0 spiro atoms. The molecular formula is C12H20N2O4. The van der Waals surface area contributed by atoms with Gasteiger partial charge in [-0.25, -0.2) is 4.79 Å². The van der Waals surface area contributed by atoms with Gasteiger partial charge in [-0.05, 0) is 25.7 Å². The monoisotopic (exact) mass is 256 g/mol. The van der Waals surface area contributed by atoms with E-state index in [1.807, 2.05) is 0 Å². The molecular weight excluding hydrogens is 236 g/mol. The predicted molar refractivity (Wildman–Crippen MR) is 64.1 cm³/mol. The van der Waals surface area contributed by atoms with Crippen molar-refractivity contribution in [2.75, 3.05) is 26.2 Å². The summed E-state index contributed by atoms with van der Waals surface area (Å²) in [7, 11) is 0. The van der Waals surface area contributed by atoms with E-state index in [-0.39, 0.29) is 24.6 Å². The van der Waals surface area contributed by atoms with Crippen molar-refractivity contribution in [2.24, 2.45) is 5.92 Å². The molecule has 6 nitrogen and oxygen atoms in total. The molecule has 1 aliphatic heterocycles. The lowest BCUT2D eigenvalue weighted by Crippen LogP contribution is -2.49. The summed E-state index contributed by atoms with van der Waals surface area (Å²) in [5.74, 6) is -1.09. The molecule has 0 radical (unpaired) electrons. The number of aliphatic carboxylic acids is 1. The smallest absolute Gasteiger partial charge is 0.320 e. The maximum absolute atomic E-state index is 12.2. The normalized spacial score (nSPS) is 20.8. The third kappa shape index (κ3) is 2.93. The fourth-order valence-corrected chi connectivity index (χ4v) is 2.43. The van der Waals surface area contributed by atoms with E-state index in [0.717, 1.165) is 12.8 Å². The second kappa shape index (κ2) is 5.56. The molecule has 1 saturated carbocycles. The zero-order valence-corrected chi connectivity index (χ0v) is 10.4. The first kappa shape index (κ1) is 13.1. The zero-order chi connectivity index (χ0) is 13.1. The number of hydrogen-bond acceptors (Lipinski definition) is 3. The van der Waals surface area contributed by atoms with Crippen LogP contribution in [0.15, 0.2) is 0 Å². The van der Waals surface area contributed by atoms with Crippen molar-refractivity contribution in [3.05, 3.63) is 0 Å². The number of hydrogen-bond donors (Lipinski definition) is 2. The highest BCUT2D eigenvalue weighted by atomic mass is 16.4. The highest BCUT2D eigenvalue weighted by molar-refractivity contribution is 5.76. The Morgan fingerprint density at radius 3 is 2.22 bits per heavy atom. The molecule has 1 heterocycles. The number of aliphatic hydroxyl groups is 1. The summed E-state index contributed by atoms with van der Waals surface area (Å²) in [6.45, 7) is 1.37. The molecule has 2 rings (SSSR count). The lowest BCUT2D eigenvalue weighted by molar-refractivity contribution is -0.143. The van der Waals surface area contributed by atoms with Crippen LogP contribution in [0.5, 0.6) is 0 Å². The largest absolute Gasteiger partial charge is 0.481 e. The summed E-state index contributed by atoms with van der Waals surface area (Å²) in [4.78, 5) is 26.5. The predicted octanol–water partition coefficient (Wildman–Crippen LogP) is 0.360. The van der Waals surface area contributed by atoms with Crippen LogP contribution in [-0.4, -0.2) is 64.3 Å². The van der Waals surface area contributed by atoms with Gasteiger partial charge in [0.25, 0.3) is 0 Å². The lowest BCUT2D eigenvalue weighted by Gasteiger charge is -2.34. The maximum Gasteiger partial charge on any atom is 0.320 e. The fraction of sp³-hybridized carbons (Fsp3) is 0.833. The summed E-state index contributed by atoms with van der Waals surface area (Å²) in [5.41, 5.74) is 0. The lowest BCUT2D eigenvalue weighted by atomic mass is 9.97. The Kier molecular flexibility index (Phi) is 4.06. The molecule has 1 saturated heterocycles. The number of carboxylic acid groups (broad SMARTS) is 1. The van der Waals surface area contributed by atoms with Crippen LogP contribution in [-0.2, 0) is 4.79 Å². The molecule has 2 amide bonds. The van der Waals surface area contributed by atoms with Gasteiger partial charge in [0.05, 0.1) is 12.5 Å². The highest BCUT2D eigenvalue weighted by Gasteiger charge is 2.36. The topological polar surface area (TPSA) is 81.1 Å². The number of rotatable bonds is 4. The molecule has 1 aliphatic carbocycles. The van der Waals surface area contributed by atoms with Gasteiger partial charge in [-0.3, -0.25) is 4.79 Å². The van der Waals surface area contributed by atoms with Crippen LogP contribution in [0.25, 0.3) is 0 Å². The van der Waals surface area contributed by atoms with E-state index in [1.54, 1.807) is 9.80 Å². The molecule has 6 heteroatoms. The van der Waals surface area contributed by atoms with Crippen LogP contribution >= 0.6 is 0 Å². The number of piperidine rings is 1. The minimum atomic E-state index is -0.767. The molecule has 102 valence electrons. The van der Waals surface area contributed by atoms with Crippen molar-refractivity contribution >= 4 is 12.0 Å². The van der Waals surface area contributed by atoms with Gasteiger partial charge in [-0.15, -0.1) is 0 Å². The van der Waals surface area contributed by atoms with Gasteiger partial charge in [-0.1, -0.05) is 0 Å². The van der Waals surface area contributed by atoms with E-state index in [1.165, 1.54) is 0 Å². The van der Waals surface area contributed by atoms with Crippen molar-refractivity contribution in [3.8, 4) is 0 Å². The van der Waals surface area contributed by atoms with Gasteiger partial charge in [0.1, 0.15) is 0 Å². The molecule has 0 atom stereocenters. The van der Waals surface area contributed by atoms with Crippen molar-refractivity contribution in [2.45, 2.75) is 31.7 Å².